The molecule has 0 atom stereocenters. The van der Waals surface area contributed by atoms with Crippen LogP contribution in [0.5, 0.6) is 5.75 Å². The minimum absolute atomic E-state index is 0.0678. The predicted octanol–water partition coefficient (Wildman–Crippen LogP) is 3.84. The molecule has 142 valence electrons. The first-order valence-electron chi connectivity index (χ1n) is 8.01. The van der Waals surface area contributed by atoms with Crippen molar-refractivity contribution >= 4 is 56.7 Å². The molecule has 0 bridgehead atoms. The number of carbonyl (C=O) groups is 2. The highest BCUT2D eigenvalue weighted by Crippen LogP contribution is 2.23. The van der Waals surface area contributed by atoms with E-state index in [0.717, 1.165) is 10.9 Å². The van der Waals surface area contributed by atoms with Gasteiger partial charge in [0.1, 0.15) is 5.75 Å². The molecule has 0 spiro atoms. The Hall–Kier alpha value is -2.16. The van der Waals surface area contributed by atoms with E-state index in [1.807, 2.05) is 6.92 Å². The predicted molar refractivity (Wildman–Crippen MR) is 112 cm³/mol. The van der Waals surface area contributed by atoms with Crippen molar-refractivity contribution < 1.29 is 14.3 Å². The molecule has 0 unspecified atom stereocenters. The molecular formula is C18H17BrClN3O3S. The van der Waals surface area contributed by atoms with E-state index in [9.17, 15) is 9.59 Å². The van der Waals surface area contributed by atoms with Gasteiger partial charge in [-0.1, -0.05) is 46.6 Å². The summed E-state index contributed by atoms with van der Waals surface area (Å²) in [7, 11) is 0. The number of ether oxygens (including phenoxy) is 1. The lowest BCUT2D eigenvalue weighted by Gasteiger charge is -2.14. The minimum atomic E-state index is -0.480. The van der Waals surface area contributed by atoms with Gasteiger partial charge in [0.25, 0.3) is 11.8 Å². The minimum Gasteiger partial charge on any atom is -0.493 e. The number of benzene rings is 2. The monoisotopic (exact) mass is 469 g/mol. The van der Waals surface area contributed by atoms with Crippen LogP contribution in [-0.4, -0.2) is 23.5 Å². The molecule has 0 saturated carbocycles. The zero-order valence-electron chi connectivity index (χ0n) is 14.3. The van der Waals surface area contributed by atoms with Crippen LogP contribution in [0.4, 0.5) is 0 Å². The average molecular weight is 471 g/mol. The summed E-state index contributed by atoms with van der Waals surface area (Å²) in [5, 5.41) is 2.73. The van der Waals surface area contributed by atoms with Gasteiger partial charge in [0.15, 0.2) is 5.11 Å². The average Bonchev–Trinajstić information content (AvgIpc) is 2.65. The number of hydrogen-bond donors (Lipinski definition) is 3. The van der Waals surface area contributed by atoms with Crippen LogP contribution in [0.2, 0.25) is 5.02 Å². The van der Waals surface area contributed by atoms with Gasteiger partial charge in [-0.15, -0.1) is 0 Å². The van der Waals surface area contributed by atoms with E-state index in [1.54, 1.807) is 42.5 Å². The molecule has 0 aliphatic carbocycles. The summed E-state index contributed by atoms with van der Waals surface area (Å²) < 4.78 is 6.31. The fraction of sp³-hybridized carbons (Fsp3) is 0.167. The van der Waals surface area contributed by atoms with Gasteiger partial charge < -0.3 is 4.74 Å². The Morgan fingerprint density at radius 1 is 1.11 bits per heavy atom. The van der Waals surface area contributed by atoms with Crippen molar-refractivity contribution in [2.75, 3.05) is 6.61 Å². The molecule has 3 N–H and O–H groups in total. The maximum absolute atomic E-state index is 12.5. The van der Waals surface area contributed by atoms with Crippen LogP contribution < -0.4 is 20.9 Å². The Morgan fingerprint density at radius 2 is 1.85 bits per heavy atom. The first kappa shape index (κ1) is 21.1. The van der Waals surface area contributed by atoms with Crippen LogP contribution in [0.15, 0.2) is 46.9 Å². The lowest BCUT2D eigenvalue weighted by molar-refractivity contribution is 0.0933. The summed E-state index contributed by atoms with van der Waals surface area (Å²) in [5.41, 5.74) is 5.46. The van der Waals surface area contributed by atoms with Crippen LogP contribution >= 0.6 is 39.7 Å². The van der Waals surface area contributed by atoms with Crippen molar-refractivity contribution in [2.24, 2.45) is 0 Å². The van der Waals surface area contributed by atoms with Crippen molar-refractivity contribution in [3.63, 3.8) is 0 Å². The number of amides is 2. The van der Waals surface area contributed by atoms with E-state index in [2.05, 4.69) is 32.1 Å². The normalized spacial score (nSPS) is 10.0. The molecule has 2 rings (SSSR count). The van der Waals surface area contributed by atoms with E-state index in [1.165, 1.54) is 0 Å². The second-order valence-electron chi connectivity index (χ2n) is 5.33. The molecule has 6 nitrogen and oxygen atoms in total. The molecule has 9 heteroatoms. The Labute approximate surface area is 175 Å². The second kappa shape index (κ2) is 10.2. The summed E-state index contributed by atoms with van der Waals surface area (Å²) in [5.74, 6) is -0.501. The van der Waals surface area contributed by atoms with Crippen molar-refractivity contribution in [1.29, 1.82) is 0 Å². The Bertz CT molecular complexity index is 863. The van der Waals surface area contributed by atoms with Crippen molar-refractivity contribution in [3.8, 4) is 5.75 Å². The zero-order valence-corrected chi connectivity index (χ0v) is 17.5. The van der Waals surface area contributed by atoms with Crippen molar-refractivity contribution in [2.45, 2.75) is 13.3 Å². The van der Waals surface area contributed by atoms with Crippen LogP contribution in [0.3, 0.4) is 0 Å². The topological polar surface area (TPSA) is 79.5 Å². The van der Waals surface area contributed by atoms with Gasteiger partial charge >= 0.3 is 0 Å². The van der Waals surface area contributed by atoms with Crippen molar-refractivity contribution in [1.82, 2.24) is 16.2 Å². The SMILES string of the molecule is CCCOc1ccc(Br)cc1C(=O)NC(=S)NNC(=O)c1ccccc1Cl. The molecule has 0 heterocycles. The lowest BCUT2D eigenvalue weighted by atomic mass is 10.2. The zero-order chi connectivity index (χ0) is 19.8. The highest BCUT2D eigenvalue weighted by molar-refractivity contribution is 9.10. The summed E-state index contributed by atoms with van der Waals surface area (Å²) in [6.07, 6.45) is 0.811. The third-order valence-electron chi connectivity index (χ3n) is 3.28. The molecule has 0 fully saturated rings. The first-order valence-corrected chi connectivity index (χ1v) is 9.58. The Balaban J connectivity index is 1.98. The van der Waals surface area contributed by atoms with E-state index in [4.69, 9.17) is 28.6 Å². The fourth-order valence-corrected chi connectivity index (χ4v) is 2.77. The summed E-state index contributed by atoms with van der Waals surface area (Å²) in [4.78, 5) is 24.6. The standard InChI is InChI=1S/C18H17BrClN3O3S/c1-2-9-26-15-8-7-11(19)10-13(15)16(24)21-18(27)23-22-17(25)12-5-3-4-6-14(12)20/h3-8,10H,2,9H2,1H3,(H,22,25)(H2,21,23,24,27). The number of carbonyl (C=O) groups excluding carboxylic acids is 2. The fourth-order valence-electron chi connectivity index (χ4n) is 2.05. The molecule has 2 amide bonds. The summed E-state index contributed by atoms with van der Waals surface area (Å²) >= 11 is 14.3. The molecule has 27 heavy (non-hydrogen) atoms. The Morgan fingerprint density at radius 3 is 2.56 bits per heavy atom. The summed E-state index contributed by atoms with van der Waals surface area (Å²) in [6, 6.07) is 11.7. The van der Waals surface area contributed by atoms with Gasteiger partial charge in [-0.05, 0) is 49.0 Å². The van der Waals surface area contributed by atoms with E-state index in [-0.39, 0.29) is 10.7 Å². The maximum atomic E-state index is 12.5. The van der Waals surface area contributed by atoms with Gasteiger partial charge in [-0.2, -0.15) is 0 Å². The highest BCUT2D eigenvalue weighted by atomic mass is 79.9. The van der Waals surface area contributed by atoms with Crippen LogP contribution in [0, 0.1) is 0 Å². The quantitative estimate of drug-likeness (QED) is 0.457. The molecule has 0 radical (unpaired) electrons. The largest absolute Gasteiger partial charge is 0.493 e. The lowest BCUT2D eigenvalue weighted by Crippen LogP contribution is -2.48. The maximum Gasteiger partial charge on any atom is 0.271 e. The molecule has 0 aromatic heterocycles. The van der Waals surface area contributed by atoms with Gasteiger partial charge in [-0.25, -0.2) is 0 Å². The first-order chi connectivity index (χ1) is 12.9. The van der Waals surface area contributed by atoms with Gasteiger partial charge in [0.05, 0.1) is 22.8 Å². The third-order valence-corrected chi connectivity index (χ3v) is 4.31. The third kappa shape index (κ3) is 6.20. The molecule has 2 aromatic carbocycles. The van der Waals surface area contributed by atoms with Gasteiger partial charge in [-0.3, -0.25) is 25.8 Å². The number of thiocarbonyl (C=S) groups is 1. The molecule has 0 aliphatic rings. The van der Waals surface area contributed by atoms with Crippen LogP contribution in [0.1, 0.15) is 34.1 Å². The van der Waals surface area contributed by atoms with Crippen LogP contribution in [-0.2, 0) is 0 Å². The smallest absolute Gasteiger partial charge is 0.271 e. The number of rotatable bonds is 5. The number of halogens is 2. The second-order valence-corrected chi connectivity index (χ2v) is 7.06. The van der Waals surface area contributed by atoms with E-state index >= 15 is 0 Å². The number of hydrazine groups is 1. The molecule has 2 aromatic rings. The molecule has 0 aliphatic heterocycles. The Kier molecular flexibility index (Phi) is 8.02. The van der Waals surface area contributed by atoms with Crippen LogP contribution in [0.25, 0.3) is 0 Å². The van der Waals surface area contributed by atoms with E-state index < -0.39 is 11.8 Å². The molecule has 0 saturated heterocycles. The van der Waals surface area contributed by atoms with E-state index in [0.29, 0.717) is 22.9 Å². The number of nitrogens with one attached hydrogen (secondary N) is 3. The van der Waals surface area contributed by atoms with Gasteiger partial charge in [0, 0.05) is 4.47 Å². The molecular weight excluding hydrogens is 454 g/mol. The van der Waals surface area contributed by atoms with Crippen molar-refractivity contribution in [3.05, 3.63) is 63.1 Å². The summed E-state index contributed by atoms with van der Waals surface area (Å²) in [6.45, 7) is 2.46. The number of hydrogen-bond acceptors (Lipinski definition) is 4. The highest BCUT2D eigenvalue weighted by Gasteiger charge is 2.15. The van der Waals surface area contributed by atoms with Gasteiger partial charge in [0.2, 0.25) is 0 Å².